The zero-order chi connectivity index (χ0) is 14.8. The van der Waals surface area contributed by atoms with Gasteiger partial charge in [0.2, 0.25) is 0 Å². The lowest BCUT2D eigenvalue weighted by Gasteiger charge is -2.35. The molecule has 2 aliphatic heterocycles. The van der Waals surface area contributed by atoms with E-state index in [0.29, 0.717) is 0 Å². The quantitative estimate of drug-likeness (QED) is 0.873. The van der Waals surface area contributed by atoms with Crippen LogP contribution >= 0.6 is 0 Å². The largest absolute Gasteiger partial charge is 0.354 e. The Morgan fingerprint density at radius 2 is 1.70 bits per heavy atom. The molecule has 23 heavy (non-hydrogen) atoms. The number of hydrogen-bond acceptors (Lipinski definition) is 4. The number of piperazine rings is 1. The number of aliphatic imine (C=N–C) groups is 1. The van der Waals surface area contributed by atoms with Gasteiger partial charge in [-0.25, -0.2) is 4.98 Å². The first kappa shape index (κ1) is 15.7. The molecule has 120 valence electrons. The molecule has 0 aliphatic carbocycles. The zero-order valence-electron chi connectivity index (χ0n) is 12.7. The molecule has 4 nitrogen and oxygen atoms in total. The number of fused-ring (bicyclic) bond motifs is 1. The Hall–Kier alpha value is -2.20. The molecule has 0 saturated carbocycles. The second-order valence-corrected chi connectivity index (χ2v) is 5.93. The van der Waals surface area contributed by atoms with E-state index in [9.17, 15) is 0 Å². The molecule has 2 aliphatic rings. The number of anilines is 1. The maximum absolute atomic E-state index is 4.77. The van der Waals surface area contributed by atoms with Crippen molar-refractivity contribution < 1.29 is 0 Å². The van der Waals surface area contributed by atoms with E-state index < -0.39 is 0 Å². The minimum Gasteiger partial charge on any atom is -0.354 e. The molecule has 0 N–H and O–H groups in total. The van der Waals surface area contributed by atoms with Crippen LogP contribution in [0.2, 0.25) is 0 Å². The number of rotatable bonds is 3. The Morgan fingerprint density at radius 1 is 0.913 bits per heavy atom. The lowest BCUT2D eigenvalue weighted by molar-refractivity contribution is 0.290. The van der Waals surface area contributed by atoms with Crippen molar-refractivity contribution in [2.24, 2.45) is 4.99 Å². The Bertz CT molecular complexity index is 673. The summed E-state index contributed by atoms with van der Waals surface area (Å²) in [5.74, 6) is 1.09. The van der Waals surface area contributed by atoms with Gasteiger partial charge >= 0.3 is 0 Å². The molecule has 0 radical (unpaired) electrons. The van der Waals surface area contributed by atoms with Crippen LogP contribution in [0.5, 0.6) is 0 Å². The SMILES string of the molecule is C.c1ccc(N2CCN(CC3=Nc4ccccc4C3)CC2)nc1. The molecule has 1 aromatic carbocycles. The fourth-order valence-corrected chi connectivity index (χ4v) is 3.22. The molecule has 0 bridgehead atoms. The normalized spacial score (nSPS) is 17.4. The van der Waals surface area contributed by atoms with Crippen LogP contribution < -0.4 is 4.90 Å². The summed E-state index contributed by atoms with van der Waals surface area (Å²) in [5, 5.41) is 0. The summed E-state index contributed by atoms with van der Waals surface area (Å²) < 4.78 is 0. The van der Waals surface area contributed by atoms with Crippen molar-refractivity contribution in [3.63, 3.8) is 0 Å². The highest BCUT2D eigenvalue weighted by atomic mass is 15.3. The van der Waals surface area contributed by atoms with Gasteiger partial charge < -0.3 is 4.90 Å². The van der Waals surface area contributed by atoms with Gasteiger partial charge in [0.1, 0.15) is 5.82 Å². The zero-order valence-corrected chi connectivity index (χ0v) is 12.7. The van der Waals surface area contributed by atoms with Crippen LogP contribution in [0.1, 0.15) is 13.0 Å². The minimum absolute atomic E-state index is 0. The highest BCUT2D eigenvalue weighted by molar-refractivity contribution is 5.95. The summed E-state index contributed by atoms with van der Waals surface area (Å²) >= 11 is 0. The molecular weight excluding hydrogens is 284 g/mol. The number of aromatic nitrogens is 1. The molecule has 0 spiro atoms. The molecule has 4 heteroatoms. The van der Waals surface area contributed by atoms with Crippen LogP contribution in [-0.2, 0) is 6.42 Å². The fraction of sp³-hybridized carbons (Fsp3) is 0.368. The average molecular weight is 308 g/mol. The van der Waals surface area contributed by atoms with E-state index in [-0.39, 0.29) is 7.43 Å². The second kappa shape index (κ2) is 6.92. The van der Waals surface area contributed by atoms with Crippen molar-refractivity contribution in [3.05, 3.63) is 54.2 Å². The van der Waals surface area contributed by atoms with Crippen LogP contribution in [0.4, 0.5) is 11.5 Å². The molecular formula is C19H24N4. The number of para-hydroxylation sites is 1. The second-order valence-electron chi connectivity index (χ2n) is 5.93. The Kier molecular flexibility index (Phi) is 4.72. The third-order valence-corrected chi connectivity index (χ3v) is 4.42. The van der Waals surface area contributed by atoms with E-state index in [1.165, 1.54) is 11.3 Å². The molecule has 3 heterocycles. The first-order valence-corrected chi connectivity index (χ1v) is 7.91. The number of benzene rings is 1. The lowest BCUT2D eigenvalue weighted by Crippen LogP contribution is -2.48. The van der Waals surface area contributed by atoms with E-state index >= 15 is 0 Å². The highest BCUT2D eigenvalue weighted by Crippen LogP contribution is 2.26. The van der Waals surface area contributed by atoms with Crippen molar-refractivity contribution in [2.75, 3.05) is 37.6 Å². The third kappa shape index (κ3) is 3.42. The van der Waals surface area contributed by atoms with Gasteiger partial charge in [-0.3, -0.25) is 9.89 Å². The molecule has 0 unspecified atom stereocenters. The fourth-order valence-electron chi connectivity index (χ4n) is 3.22. The Balaban J connectivity index is 0.00000156. The summed E-state index contributed by atoms with van der Waals surface area (Å²) in [6.07, 6.45) is 2.88. The third-order valence-electron chi connectivity index (χ3n) is 4.42. The smallest absolute Gasteiger partial charge is 0.128 e. The summed E-state index contributed by atoms with van der Waals surface area (Å²) in [7, 11) is 0. The molecule has 1 saturated heterocycles. The van der Waals surface area contributed by atoms with Crippen LogP contribution in [0.25, 0.3) is 0 Å². The van der Waals surface area contributed by atoms with Gasteiger partial charge in [-0.15, -0.1) is 0 Å². The van der Waals surface area contributed by atoms with Gasteiger partial charge in [-0.1, -0.05) is 31.7 Å². The topological polar surface area (TPSA) is 31.7 Å². The van der Waals surface area contributed by atoms with E-state index in [2.05, 4.69) is 51.2 Å². The first-order valence-electron chi connectivity index (χ1n) is 7.91. The number of pyridine rings is 1. The predicted molar refractivity (Wildman–Crippen MR) is 96.9 cm³/mol. The summed E-state index contributed by atoms with van der Waals surface area (Å²) in [5.41, 5.74) is 3.82. The van der Waals surface area contributed by atoms with E-state index in [1.54, 1.807) is 0 Å². The average Bonchev–Trinajstić information content (AvgIpc) is 2.98. The Morgan fingerprint density at radius 3 is 2.43 bits per heavy atom. The van der Waals surface area contributed by atoms with Crippen molar-refractivity contribution in [1.82, 2.24) is 9.88 Å². The molecule has 1 fully saturated rings. The lowest BCUT2D eigenvalue weighted by atomic mass is 10.1. The van der Waals surface area contributed by atoms with E-state index in [4.69, 9.17) is 4.99 Å². The maximum Gasteiger partial charge on any atom is 0.128 e. The van der Waals surface area contributed by atoms with E-state index in [1.807, 2.05) is 12.3 Å². The first-order chi connectivity index (χ1) is 10.9. The van der Waals surface area contributed by atoms with Gasteiger partial charge in [-0.05, 0) is 23.8 Å². The van der Waals surface area contributed by atoms with Crippen LogP contribution in [0.3, 0.4) is 0 Å². The standard InChI is InChI=1S/C18H20N4.CH4/c1-2-6-17-15(5-1)13-16(20-17)14-21-9-11-22(12-10-21)18-7-3-4-8-19-18;/h1-8H,9-14H2;1H4. The maximum atomic E-state index is 4.77. The van der Waals surface area contributed by atoms with Crippen molar-refractivity contribution in [2.45, 2.75) is 13.8 Å². The summed E-state index contributed by atoms with van der Waals surface area (Å²) in [6.45, 7) is 5.22. The van der Waals surface area contributed by atoms with Crippen molar-refractivity contribution >= 4 is 17.2 Å². The molecule has 1 aromatic heterocycles. The van der Waals surface area contributed by atoms with Crippen molar-refractivity contribution in [1.29, 1.82) is 0 Å². The van der Waals surface area contributed by atoms with Crippen molar-refractivity contribution in [3.8, 4) is 0 Å². The monoisotopic (exact) mass is 308 g/mol. The van der Waals surface area contributed by atoms with Gasteiger partial charge in [-0.2, -0.15) is 0 Å². The predicted octanol–water partition coefficient (Wildman–Crippen LogP) is 3.17. The molecule has 0 amide bonds. The molecule has 4 rings (SSSR count). The molecule has 0 atom stereocenters. The van der Waals surface area contributed by atoms with Gasteiger partial charge in [0, 0.05) is 51.1 Å². The van der Waals surface area contributed by atoms with Crippen LogP contribution in [-0.4, -0.2) is 48.3 Å². The summed E-state index contributed by atoms with van der Waals surface area (Å²) in [6, 6.07) is 14.6. The van der Waals surface area contributed by atoms with E-state index in [0.717, 1.165) is 50.6 Å². The highest BCUT2D eigenvalue weighted by Gasteiger charge is 2.21. The number of nitrogens with zero attached hydrogens (tertiary/aromatic N) is 4. The van der Waals surface area contributed by atoms with Crippen LogP contribution in [0, 0.1) is 0 Å². The van der Waals surface area contributed by atoms with Gasteiger partial charge in [0.25, 0.3) is 0 Å². The van der Waals surface area contributed by atoms with Gasteiger partial charge in [0.15, 0.2) is 0 Å². The number of hydrogen-bond donors (Lipinski definition) is 0. The van der Waals surface area contributed by atoms with Gasteiger partial charge in [0.05, 0.1) is 5.69 Å². The van der Waals surface area contributed by atoms with Crippen LogP contribution in [0.15, 0.2) is 53.7 Å². The Labute approximate surface area is 138 Å². The molecule has 2 aromatic rings. The summed E-state index contributed by atoms with van der Waals surface area (Å²) in [4.78, 5) is 14.1. The minimum atomic E-state index is 0.